The van der Waals surface area contributed by atoms with Crippen LogP contribution in [0.25, 0.3) is 0 Å². The van der Waals surface area contributed by atoms with Crippen LogP contribution in [0.3, 0.4) is 0 Å². The quantitative estimate of drug-likeness (QED) is 0.773. The number of carbonyl (C=O) groups excluding carboxylic acids is 1. The molecule has 0 bridgehead atoms. The summed E-state index contributed by atoms with van der Waals surface area (Å²) in [7, 11) is 2.98. The van der Waals surface area contributed by atoms with Crippen LogP contribution in [0.15, 0.2) is 35.1 Å². The average molecular weight is 360 g/mol. The first kappa shape index (κ1) is 19.0. The standard InChI is InChI=1S/C18H20N2O6/c1-11-4-5-15(17(23)19-11)18(24)20(10-16(21)22)9-12-6-13(25-2)8-14(7-12)26-3/h4-8H,9-10H2,1-3H3,(H,19,23)(H,21,22). The lowest BCUT2D eigenvalue weighted by atomic mass is 10.1. The largest absolute Gasteiger partial charge is 0.497 e. The smallest absolute Gasteiger partial charge is 0.323 e. The maximum Gasteiger partial charge on any atom is 0.323 e. The van der Waals surface area contributed by atoms with Crippen LogP contribution in [-0.2, 0) is 11.3 Å². The van der Waals surface area contributed by atoms with E-state index in [1.807, 2.05) is 0 Å². The zero-order valence-corrected chi connectivity index (χ0v) is 14.7. The number of carboxylic acids is 1. The van der Waals surface area contributed by atoms with Crippen LogP contribution in [-0.4, -0.2) is 47.6 Å². The van der Waals surface area contributed by atoms with Gasteiger partial charge in [0.25, 0.3) is 11.5 Å². The van der Waals surface area contributed by atoms with Crippen molar-refractivity contribution in [2.24, 2.45) is 0 Å². The van der Waals surface area contributed by atoms with Gasteiger partial charge in [0.1, 0.15) is 23.6 Å². The summed E-state index contributed by atoms with van der Waals surface area (Å²) < 4.78 is 10.4. The SMILES string of the molecule is COc1cc(CN(CC(=O)O)C(=O)c2ccc(C)[nH]c2=O)cc(OC)c1. The molecule has 1 heterocycles. The molecule has 0 aliphatic rings. The molecule has 0 atom stereocenters. The maximum atomic E-state index is 12.7. The second-order valence-electron chi connectivity index (χ2n) is 5.66. The molecule has 0 aliphatic carbocycles. The number of aryl methyl sites for hydroxylation is 1. The summed E-state index contributed by atoms with van der Waals surface area (Å²) in [5, 5.41) is 9.14. The third kappa shape index (κ3) is 4.62. The molecule has 2 N–H and O–H groups in total. The van der Waals surface area contributed by atoms with E-state index >= 15 is 0 Å². The lowest BCUT2D eigenvalue weighted by Gasteiger charge is -2.21. The van der Waals surface area contributed by atoms with Crippen molar-refractivity contribution in [1.29, 1.82) is 0 Å². The van der Waals surface area contributed by atoms with Crippen molar-refractivity contribution >= 4 is 11.9 Å². The fourth-order valence-electron chi connectivity index (χ4n) is 2.45. The monoisotopic (exact) mass is 360 g/mol. The van der Waals surface area contributed by atoms with Crippen LogP contribution in [0.1, 0.15) is 21.6 Å². The van der Waals surface area contributed by atoms with Gasteiger partial charge in [0.05, 0.1) is 14.2 Å². The van der Waals surface area contributed by atoms with Crippen LogP contribution >= 0.6 is 0 Å². The van der Waals surface area contributed by atoms with Gasteiger partial charge in [-0.25, -0.2) is 0 Å². The van der Waals surface area contributed by atoms with Crippen molar-refractivity contribution in [3.05, 3.63) is 57.5 Å². The van der Waals surface area contributed by atoms with Gasteiger partial charge in [-0.05, 0) is 36.8 Å². The van der Waals surface area contributed by atoms with Crippen LogP contribution in [0.2, 0.25) is 0 Å². The Morgan fingerprint density at radius 1 is 1.12 bits per heavy atom. The predicted octanol–water partition coefficient (Wildman–Crippen LogP) is 1.43. The number of nitrogens with one attached hydrogen (secondary N) is 1. The molecule has 8 nitrogen and oxygen atoms in total. The van der Waals surface area contributed by atoms with E-state index in [4.69, 9.17) is 14.6 Å². The maximum absolute atomic E-state index is 12.7. The Kier molecular flexibility index (Phi) is 6.00. The number of carbonyl (C=O) groups is 2. The minimum absolute atomic E-state index is 0.0218. The molecule has 8 heteroatoms. The Balaban J connectivity index is 2.37. The Bertz CT molecular complexity index is 852. The molecule has 0 spiro atoms. The number of rotatable bonds is 7. The van der Waals surface area contributed by atoms with E-state index in [2.05, 4.69) is 4.98 Å². The molecule has 1 aromatic heterocycles. The first-order valence-corrected chi connectivity index (χ1v) is 7.77. The summed E-state index contributed by atoms with van der Waals surface area (Å²) in [4.78, 5) is 39.5. The molecule has 0 unspecified atom stereocenters. The van der Waals surface area contributed by atoms with Gasteiger partial charge in [0, 0.05) is 18.3 Å². The molecule has 0 aliphatic heterocycles. The van der Waals surface area contributed by atoms with Crippen molar-refractivity contribution in [1.82, 2.24) is 9.88 Å². The molecular formula is C18H20N2O6. The molecule has 1 aromatic carbocycles. The van der Waals surface area contributed by atoms with E-state index in [9.17, 15) is 14.4 Å². The van der Waals surface area contributed by atoms with Gasteiger partial charge in [-0.1, -0.05) is 0 Å². The van der Waals surface area contributed by atoms with Gasteiger partial charge in [-0.15, -0.1) is 0 Å². The van der Waals surface area contributed by atoms with Crippen LogP contribution in [0, 0.1) is 6.92 Å². The number of ether oxygens (including phenoxy) is 2. The summed E-state index contributed by atoms with van der Waals surface area (Å²) in [5.74, 6) is -0.835. The van der Waals surface area contributed by atoms with Crippen molar-refractivity contribution in [2.45, 2.75) is 13.5 Å². The second kappa shape index (κ2) is 8.19. The number of hydrogen-bond donors (Lipinski definition) is 2. The first-order valence-electron chi connectivity index (χ1n) is 7.77. The molecule has 138 valence electrons. The molecule has 2 aromatic rings. The summed E-state index contributed by atoms with van der Waals surface area (Å²) in [6, 6.07) is 7.98. The third-order valence-corrected chi connectivity index (χ3v) is 3.68. The Morgan fingerprint density at radius 2 is 1.73 bits per heavy atom. The topological polar surface area (TPSA) is 109 Å². The zero-order chi connectivity index (χ0) is 19.3. The molecule has 0 saturated carbocycles. The molecular weight excluding hydrogens is 340 g/mol. The molecule has 2 rings (SSSR count). The summed E-state index contributed by atoms with van der Waals surface area (Å²) in [6.45, 7) is 1.12. The zero-order valence-electron chi connectivity index (χ0n) is 14.7. The van der Waals surface area contributed by atoms with E-state index < -0.39 is 24.0 Å². The number of H-pyrrole nitrogens is 1. The molecule has 26 heavy (non-hydrogen) atoms. The first-order chi connectivity index (χ1) is 12.3. The number of hydrogen-bond acceptors (Lipinski definition) is 5. The minimum atomic E-state index is -1.18. The molecule has 1 amide bonds. The number of amides is 1. The number of benzene rings is 1. The van der Waals surface area contributed by atoms with Crippen molar-refractivity contribution in [2.75, 3.05) is 20.8 Å². The van der Waals surface area contributed by atoms with Crippen molar-refractivity contribution < 1.29 is 24.2 Å². The van der Waals surface area contributed by atoms with Crippen LogP contribution in [0.5, 0.6) is 11.5 Å². The molecule has 0 fully saturated rings. The Morgan fingerprint density at radius 3 is 2.23 bits per heavy atom. The van der Waals surface area contributed by atoms with E-state index in [0.717, 1.165) is 4.90 Å². The van der Waals surface area contributed by atoms with Gasteiger partial charge in [-0.2, -0.15) is 0 Å². The average Bonchev–Trinajstić information content (AvgIpc) is 2.59. The van der Waals surface area contributed by atoms with Crippen molar-refractivity contribution in [3.63, 3.8) is 0 Å². The lowest BCUT2D eigenvalue weighted by molar-refractivity contribution is -0.137. The number of pyridine rings is 1. The van der Waals surface area contributed by atoms with Gasteiger partial charge < -0.3 is 24.5 Å². The fraction of sp³-hybridized carbons (Fsp3) is 0.278. The van der Waals surface area contributed by atoms with Crippen LogP contribution in [0.4, 0.5) is 0 Å². The Hall–Kier alpha value is -3.29. The Labute approximate surface area is 150 Å². The van der Waals surface area contributed by atoms with E-state index in [1.165, 1.54) is 20.3 Å². The highest BCUT2D eigenvalue weighted by atomic mass is 16.5. The highest BCUT2D eigenvalue weighted by Crippen LogP contribution is 2.23. The number of methoxy groups -OCH3 is 2. The number of aromatic nitrogens is 1. The van der Waals surface area contributed by atoms with E-state index in [1.54, 1.807) is 31.2 Å². The lowest BCUT2D eigenvalue weighted by Crippen LogP contribution is -2.38. The van der Waals surface area contributed by atoms with E-state index in [-0.39, 0.29) is 12.1 Å². The highest BCUT2D eigenvalue weighted by molar-refractivity contribution is 5.95. The number of carboxylic acid groups (broad SMARTS) is 1. The van der Waals surface area contributed by atoms with Gasteiger partial charge >= 0.3 is 5.97 Å². The van der Waals surface area contributed by atoms with Crippen LogP contribution < -0.4 is 15.0 Å². The third-order valence-electron chi connectivity index (χ3n) is 3.68. The minimum Gasteiger partial charge on any atom is -0.497 e. The van der Waals surface area contributed by atoms with Gasteiger partial charge in [0.15, 0.2) is 0 Å². The number of nitrogens with zero attached hydrogens (tertiary/aromatic N) is 1. The molecule has 0 radical (unpaired) electrons. The summed E-state index contributed by atoms with van der Waals surface area (Å²) in [5.41, 5.74) is 0.536. The summed E-state index contributed by atoms with van der Waals surface area (Å²) in [6.07, 6.45) is 0. The van der Waals surface area contributed by atoms with Crippen molar-refractivity contribution in [3.8, 4) is 11.5 Å². The number of aromatic amines is 1. The van der Waals surface area contributed by atoms with Gasteiger partial charge in [0.2, 0.25) is 0 Å². The molecule has 0 saturated heterocycles. The normalized spacial score (nSPS) is 10.3. The summed E-state index contributed by atoms with van der Waals surface area (Å²) >= 11 is 0. The fourth-order valence-corrected chi connectivity index (χ4v) is 2.45. The van der Waals surface area contributed by atoms with Gasteiger partial charge in [-0.3, -0.25) is 14.4 Å². The number of aliphatic carboxylic acids is 1. The predicted molar refractivity (Wildman–Crippen MR) is 93.7 cm³/mol. The second-order valence-corrected chi connectivity index (χ2v) is 5.66. The van der Waals surface area contributed by atoms with E-state index in [0.29, 0.717) is 22.8 Å². The highest BCUT2D eigenvalue weighted by Gasteiger charge is 2.22.